The third-order valence-corrected chi connectivity index (χ3v) is 3.43. The maximum atomic E-state index is 14.3. The van der Waals surface area contributed by atoms with Gasteiger partial charge in [0.15, 0.2) is 0 Å². The Bertz CT molecular complexity index is 722. The maximum absolute atomic E-state index is 14.3. The van der Waals surface area contributed by atoms with Crippen molar-refractivity contribution in [2.75, 3.05) is 0 Å². The van der Waals surface area contributed by atoms with Gasteiger partial charge in [-0.15, -0.1) is 0 Å². The predicted octanol–water partition coefficient (Wildman–Crippen LogP) is 2.23. The van der Waals surface area contributed by atoms with E-state index in [4.69, 9.17) is 10.5 Å². The second kappa shape index (κ2) is 5.94. The van der Waals surface area contributed by atoms with Crippen molar-refractivity contribution in [2.45, 2.75) is 39.1 Å². The summed E-state index contributed by atoms with van der Waals surface area (Å²) in [6.07, 6.45) is -1.45. The Morgan fingerprint density at radius 3 is 2.73 bits per heavy atom. The van der Waals surface area contributed by atoms with Gasteiger partial charge in [0.25, 0.3) is 0 Å². The molecule has 0 saturated heterocycles. The van der Waals surface area contributed by atoms with Crippen LogP contribution in [-0.2, 0) is 16.1 Å². The highest BCUT2D eigenvalue weighted by atomic mass is 79.9. The van der Waals surface area contributed by atoms with Crippen molar-refractivity contribution >= 4 is 32.8 Å². The number of rotatable bonds is 3. The molecule has 22 heavy (non-hydrogen) atoms. The smallest absolute Gasteiger partial charge is 0.328 e. The third kappa shape index (κ3) is 3.45. The summed E-state index contributed by atoms with van der Waals surface area (Å²) in [7, 11) is 0. The van der Waals surface area contributed by atoms with E-state index in [0.29, 0.717) is 5.52 Å². The van der Waals surface area contributed by atoms with Gasteiger partial charge < -0.3 is 15.6 Å². The van der Waals surface area contributed by atoms with Crippen LogP contribution in [0.15, 0.2) is 16.6 Å². The minimum atomic E-state index is -1.45. The molecule has 120 valence electrons. The van der Waals surface area contributed by atoms with E-state index in [1.165, 1.54) is 10.7 Å². The lowest BCUT2D eigenvalue weighted by atomic mass is 10.2. The van der Waals surface area contributed by atoms with Gasteiger partial charge in [0, 0.05) is 0 Å². The van der Waals surface area contributed by atoms with E-state index < -0.39 is 23.6 Å². The van der Waals surface area contributed by atoms with Crippen molar-refractivity contribution in [3.63, 3.8) is 0 Å². The number of carbonyl (C=O) groups is 1. The minimum absolute atomic E-state index is 0.0302. The van der Waals surface area contributed by atoms with Gasteiger partial charge in [0.05, 0.1) is 15.4 Å². The minimum Gasteiger partial charge on any atom is -0.459 e. The summed E-state index contributed by atoms with van der Waals surface area (Å²) in [6.45, 7) is 5.04. The van der Waals surface area contributed by atoms with E-state index in [1.807, 2.05) is 0 Å². The van der Waals surface area contributed by atoms with E-state index in [-0.39, 0.29) is 22.1 Å². The van der Waals surface area contributed by atoms with Gasteiger partial charge in [-0.1, -0.05) is 0 Å². The maximum Gasteiger partial charge on any atom is 0.328 e. The van der Waals surface area contributed by atoms with Gasteiger partial charge in [0.2, 0.25) is 0 Å². The van der Waals surface area contributed by atoms with E-state index in [2.05, 4.69) is 21.0 Å². The molecule has 3 N–H and O–H groups in total. The number of fused-ring (bicyclic) bond motifs is 1. The molecule has 1 unspecified atom stereocenters. The van der Waals surface area contributed by atoms with E-state index in [1.54, 1.807) is 26.8 Å². The normalized spacial score (nSPS) is 13.4. The Kier molecular flexibility index (Phi) is 4.55. The van der Waals surface area contributed by atoms with Crippen molar-refractivity contribution in [3.8, 4) is 0 Å². The lowest BCUT2D eigenvalue weighted by Gasteiger charge is -2.19. The molecule has 0 saturated carbocycles. The molecule has 1 heterocycles. The fourth-order valence-electron chi connectivity index (χ4n) is 2.06. The van der Waals surface area contributed by atoms with Crippen LogP contribution in [0.1, 0.15) is 32.7 Å². The summed E-state index contributed by atoms with van der Waals surface area (Å²) in [4.78, 5) is 11.9. The summed E-state index contributed by atoms with van der Waals surface area (Å²) in [6, 6.07) is 3.09. The highest BCUT2D eigenvalue weighted by Gasteiger charge is 2.23. The van der Waals surface area contributed by atoms with E-state index >= 15 is 0 Å². The second-order valence-corrected chi connectivity index (χ2v) is 6.68. The monoisotopic (exact) mass is 373 g/mol. The van der Waals surface area contributed by atoms with Crippen molar-refractivity contribution < 1.29 is 19.0 Å². The average Bonchev–Trinajstić information content (AvgIpc) is 2.71. The van der Waals surface area contributed by atoms with Crippen LogP contribution in [0.4, 0.5) is 4.39 Å². The largest absolute Gasteiger partial charge is 0.459 e. The molecular formula is C14H17BrFN3O3. The molecule has 0 aliphatic heterocycles. The standard InChI is InChI=1S/C14H17BrFN3O3/c1-14(2,3)22-9(20)6-19-8-5-4-7(15)11(16)10(8)12(18-19)13(17)21/h4-5,13,21H,6,17H2,1-3H3. The van der Waals surface area contributed by atoms with E-state index in [9.17, 15) is 14.3 Å². The zero-order valence-electron chi connectivity index (χ0n) is 12.4. The number of nitrogens with zero attached hydrogens (tertiary/aromatic N) is 2. The van der Waals surface area contributed by atoms with Crippen molar-refractivity contribution in [3.05, 3.63) is 28.1 Å². The lowest BCUT2D eigenvalue weighted by Crippen LogP contribution is -2.27. The quantitative estimate of drug-likeness (QED) is 0.635. The number of esters is 1. The molecule has 0 bridgehead atoms. The van der Waals surface area contributed by atoms with E-state index in [0.717, 1.165) is 0 Å². The van der Waals surface area contributed by atoms with Gasteiger partial charge >= 0.3 is 5.97 Å². The summed E-state index contributed by atoms with van der Waals surface area (Å²) in [5, 5.41) is 13.7. The van der Waals surface area contributed by atoms with Crippen LogP contribution in [0.5, 0.6) is 0 Å². The predicted molar refractivity (Wildman–Crippen MR) is 82.4 cm³/mol. The Balaban J connectivity index is 2.47. The van der Waals surface area contributed by atoms with Crippen molar-refractivity contribution in [2.24, 2.45) is 5.73 Å². The summed E-state index contributed by atoms with van der Waals surface area (Å²) in [5.74, 6) is -1.11. The number of nitrogens with two attached hydrogens (primary N) is 1. The fourth-order valence-corrected chi connectivity index (χ4v) is 2.39. The molecule has 0 fully saturated rings. The number of halogens is 2. The number of benzene rings is 1. The average molecular weight is 374 g/mol. The Morgan fingerprint density at radius 2 is 2.18 bits per heavy atom. The van der Waals surface area contributed by atoms with Crippen LogP contribution >= 0.6 is 15.9 Å². The molecule has 1 aromatic heterocycles. The highest BCUT2D eigenvalue weighted by molar-refractivity contribution is 9.10. The second-order valence-electron chi connectivity index (χ2n) is 5.83. The SMILES string of the molecule is CC(C)(C)OC(=O)Cn1nc(C(N)O)c2c(F)c(Br)ccc21. The van der Waals surface area contributed by atoms with Crippen LogP contribution in [0.25, 0.3) is 10.9 Å². The molecule has 1 aromatic carbocycles. The zero-order chi connectivity index (χ0) is 16.7. The van der Waals surface area contributed by atoms with Crippen LogP contribution < -0.4 is 5.73 Å². The van der Waals surface area contributed by atoms with Crippen LogP contribution in [0.3, 0.4) is 0 Å². The van der Waals surface area contributed by atoms with Crippen LogP contribution in [-0.4, -0.2) is 26.5 Å². The first kappa shape index (κ1) is 16.9. The Labute approximate surface area is 135 Å². The van der Waals surface area contributed by atoms with Crippen LogP contribution in [0, 0.1) is 5.82 Å². The first-order valence-corrected chi connectivity index (χ1v) is 7.39. The fraction of sp³-hybridized carbons (Fsp3) is 0.429. The lowest BCUT2D eigenvalue weighted by molar-refractivity contribution is -0.155. The summed E-state index contributed by atoms with van der Waals surface area (Å²) < 4.78 is 21.0. The number of aromatic nitrogens is 2. The molecule has 8 heteroatoms. The number of carbonyl (C=O) groups excluding carboxylic acids is 1. The van der Waals surface area contributed by atoms with Gasteiger partial charge in [-0.25, -0.2) is 4.39 Å². The molecule has 2 aromatic rings. The highest BCUT2D eigenvalue weighted by Crippen LogP contribution is 2.29. The molecule has 2 rings (SSSR count). The molecule has 0 spiro atoms. The topological polar surface area (TPSA) is 90.4 Å². The van der Waals surface area contributed by atoms with Crippen LogP contribution in [0.2, 0.25) is 0 Å². The first-order valence-electron chi connectivity index (χ1n) is 6.60. The number of hydrogen-bond donors (Lipinski definition) is 2. The first-order chi connectivity index (χ1) is 10.1. The van der Waals surface area contributed by atoms with Gasteiger partial charge in [-0.3, -0.25) is 9.48 Å². The molecular weight excluding hydrogens is 357 g/mol. The van der Waals surface area contributed by atoms with Crippen molar-refractivity contribution in [1.82, 2.24) is 9.78 Å². The summed E-state index contributed by atoms with van der Waals surface area (Å²) >= 11 is 3.07. The molecule has 1 atom stereocenters. The van der Waals surface area contributed by atoms with Gasteiger partial charge in [-0.2, -0.15) is 5.10 Å². The third-order valence-electron chi connectivity index (χ3n) is 2.81. The number of ether oxygens (including phenoxy) is 1. The molecule has 0 amide bonds. The zero-order valence-corrected chi connectivity index (χ0v) is 14.0. The molecule has 6 nitrogen and oxygen atoms in total. The number of aliphatic hydroxyl groups excluding tert-OH is 1. The van der Waals surface area contributed by atoms with Gasteiger partial charge in [-0.05, 0) is 48.8 Å². The molecule has 0 aliphatic rings. The molecule has 0 radical (unpaired) electrons. The Morgan fingerprint density at radius 1 is 1.55 bits per heavy atom. The molecule has 0 aliphatic carbocycles. The van der Waals surface area contributed by atoms with Gasteiger partial charge in [0.1, 0.15) is 29.9 Å². The summed E-state index contributed by atoms with van der Waals surface area (Å²) in [5.41, 5.74) is 5.11. The number of aliphatic hydroxyl groups is 1. The number of hydrogen-bond acceptors (Lipinski definition) is 5. The Hall–Kier alpha value is -1.51. The van der Waals surface area contributed by atoms with Crippen molar-refractivity contribution in [1.29, 1.82) is 0 Å².